The molecule has 0 atom stereocenters. The van der Waals surface area contributed by atoms with Gasteiger partial charge in [0.25, 0.3) is 0 Å². The number of hydrogen-bond acceptors (Lipinski definition) is 2. The van der Waals surface area contributed by atoms with Crippen LogP contribution in [0.5, 0.6) is 0 Å². The van der Waals surface area contributed by atoms with Gasteiger partial charge in [0, 0.05) is 11.3 Å². The van der Waals surface area contributed by atoms with E-state index in [-0.39, 0.29) is 0 Å². The molecule has 0 saturated carbocycles. The fraction of sp³-hybridized carbons (Fsp3) is 0.375. The van der Waals surface area contributed by atoms with Crippen LogP contribution in [-0.2, 0) is 0 Å². The van der Waals surface area contributed by atoms with Crippen molar-refractivity contribution in [2.24, 2.45) is 5.92 Å². The normalized spacial score (nSPS) is 9.10. The van der Waals surface area contributed by atoms with Crippen LogP contribution in [0.4, 0.5) is 0 Å². The number of aromatic nitrogens is 1. The molecule has 1 rings (SSSR count). The summed E-state index contributed by atoms with van der Waals surface area (Å²) < 4.78 is 4.06. The predicted octanol–water partition coefficient (Wildman–Crippen LogP) is 2.15. The lowest BCUT2D eigenvalue weighted by Crippen LogP contribution is -1.78. The molecule has 0 aromatic carbocycles. The van der Waals surface area contributed by atoms with E-state index < -0.39 is 0 Å². The minimum absolute atomic E-state index is 0.432. The zero-order chi connectivity index (χ0) is 7.40. The molecule has 1 nitrogen and oxygen atoms in total. The molecule has 0 saturated heterocycles. The van der Waals surface area contributed by atoms with Gasteiger partial charge in [-0.3, -0.25) is 0 Å². The molecule has 0 aliphatic carbocycles. The van der Waals surface area contributed by atoms with Crippen molar-refractivity contribution >= 4 is 11.5 Å². The van der Waals surface area contributed by atoms with E-state index in [2.05, 4.69) is 30.1 Å². The van der Waals surface area contributed by atoms with Gasteiger partial charge in [0.2, 0.25) is 0 Å². The van der Waals surface area contributed by atoms with Gasteiger partial charge in [-0.05, 0) is 23.5 Å². The molecular weight excluding hydrogens is 142 g/mol. The Morgan fingerprint density at radius 1 is 1.60 bits per heavy atom. The van der Waals surface area contributed by atoms with Crippen LogP contribution in [0.25, 0.3) is 0 Å². The fourth-order valence-corrected chi connectivity index (χ4v) is 0.966. The second kappa shape index (κ2) is 3.38. The van der Waals surface area contributed by atoms with Crippen molar-refractivity contribution < 1.29 is 0 Å². The second-order valence-corrected chi connectivity index (χ2v) is 2.97. The maximum absolute atomic E-state index is 4.06. The van der Waals surface area contributed by atoms with E-state index in [1.165, 1.54) is 11.5 Å². The summed E-state index contributed by atoms with van der Waals surface area (Å²) in [6, 6.07) is 1.93. The molecule has 0 unspecified atom stereocenters. The third-order valence-corrected chi connectivity index (χ3v) is 1.49. The lowest BCUT2D eigenvalue weighted by molar-refractivity contribution is 0.866. The van der Waals surface area contributed by atoms with E-state index in [9.17, 15) is 0 Å². The molecule has 0 N–H and O–H groups in total. The largest absolute Gasteiger partial charge is 0.184 e. The fourth-order valence-electron chi connectivity index (χ4n) is 0.495. The number of hydrogen-bond donors (Lipinski definition) is 0. The highest BCUT2D eigenvalue weighted by molar-refractivity contribution is 7.03. The summed E-state index contributed by atoms with van der Waals surface area (Å²) in [5.41, 5.74) is 0.888. The minimum Gasteiger partial charge on any atom is -0.184 e. The zero-order valence-electron chi connectivity index (χ0n) is 6.09. The second-order valence-electron chi connectivity index (χ2n) is 2.31. The molecule has 0 radical (unpaired) electrons. The Balaban J connectivity index is 2.66. The quantitative estimate of drug-likeness (QED) is 0.518. The molecule has 1 aromatic rings. The van der Waals surface area contributed by atoms with Gasteiger partial charge in [0.1, 0.15) is 5.69 Å². The molecule has 10 heavy (non-hydrogen) atoms. The van der Waals surface area contributed by atoms with E-state index in [1.807, 2.05) is 11.4 Å². The number of rotatable bonds is 0. The first-order valence-electron chi connectivity index (χ1n) is 3.21. The Morgan fingerprint density at radius 2 is 2.40 bits per heavy atom. The molecular formula is C8H9NS. The minimum atomic E-state index is 0.432. The highest BCUT2D eigenvalue weighted by Crippen LogP contribution is 1.97. The van der Waals surface area contributed by atoms with Crippen LogP contribution in [0.3, 0.4) is 0 Å². The SMILES string of the molecule is CC(C)C#Cc1ccsn1. The molecule has 0 aliphatic heterocycles. The van der Waals surface area contributed by atoms with Gasteiger partial charge < -0.3 is 0 Å². The maximum Gasteiger partial charge on any atom is 0.126 e. The Kier molecular flexibility index (Phi) is 2.47. The summed E-state index contributed by atoms with van der Waals surface area (Å²) in [5.74, 6) is 6.45. The summed E-state index contributed by atoms with van der Waals surface area (Å²) >= 11 is 1.44. The molecule has 0 bridgehead atoms. The van der Waals surface area contributed by atoms with Gasteiger partial charge in [0.05, 0.1) is 0 Å². The topological polar surface area (TPSA) is 12.9 Å². The molecule has 0 spiro atoms. The van der Waals surface area contributed by atoms with E-state index >= 15 is 0 Å². The van der Waals surface area contributed by atoms with Crippen molar-refractivity contribution in [1.82, 2.24) is 4.37 Å². The molecule has 0 amide bonds. The Labute approximate surface area is 65.3 Å². The molecule has 0 aliphatic rings. The van der Waals surface area contributed by atoms with Crippen molar-refractivity contribution in [2.45, 2.75) is 13.8 Å². The van der Waals surface area contributed by atoms with Gasteiger partial charge in [-0.25, -0.2) is 0 Å². The summed E-state index contributed by atoms with van der Waals surface area (Å²) in [4.78, 5) is 0. The van der Waals surface area contributed by atoms with Crippen LogP contribution in [0, 0.1) is 17.8 Å². The molecule has 1 aromatic heterocycles. The van der Waals surface area contributed by atoms with Crippen molar-refractivity contribution in [3.8, 4) is 11.8 Å². The van der Waals surface area contributed by atoms with Crippen LogP contribution in [-0.4, -0.2) is 4.37 Å². The zero-order valence-corrected chi connectivity index (χ0v) is 6.90. The Bertz CT molecular complexity index is 238. The van der Waals surface area contributed by atoms with Gasteiger partial charge in [-0.1, -0.05) is 19.8 Å². The first kappa shape index (κ1) is 7.30. The maximum atomic E-state index is 4.06. The smallest absolute Gasteiger partial charge is 0.126 e. The van der Waals surface area contributed by atoms with E-state index in [0.717, 1.165) is 5.69 Å². The Morgan fingerprint density at radius 3 is 2.90 bits per heavy atom. The van der Waals surface area contributed by atoms with Gasteiger partial charge in [0.15, 0.2) is 0 Å². The van der Waals surface area contributed by atoms with Crippen molar-refractivity contribution in [3.63, 3.8) is 0 Å². The van der Waals surface area contributed by atoms with E-state index in [1.54, 1.807) is 0 Å². The van der Waals surface area contributed by atoms with Gasteiger partial charge >= 0.3 is 0 Å². The molecule has 0 fully saturated rings. The lowest BCUT2D eigenvalue weighted by Gasteiger charge is -1.84. The van der Waals surface area contributed by atoms with E-state index in [0.29, 0.717) is 5.92 Å². The highest BCUT2D eigenvalue weighted by Gasteiger charge is 1.86. The highest BCUT2D eigenvalue weighted by atomic mass is 32.1. The lowest BCUT2D eigenvalue weighted by atomic mass is 10.2. The molecule has 2 heteroatoms. The van der Waals surface area contributed by atoms with Crippen LogP contribution in [0.15, 0.2) is 11.4 Å². The Hall–Kier alpha value is -0.810. The molecule has 52 valence electrons. The van der Waals surface area contributed by atoms with Crippen LogP contribution < -0.4 is 0 Å². The summed E-state index contributed by atoms with van der Waals surface area (Å²) in [6.07, 6.45) is 0. The van der Waals surface area contributed by atoms with Crippen molar-refractivity contribution in [3.05, 3.63) is 17.1 Å². The first-order chi connectivity index (χ1) is 4.79. The average molecular weight is 151 g/mol. The summed E-state index contributed by atoms with van der Waals surface area (Å²) in [7, 11) is 0. The van der Waals surface area contributed by atoms with Gasteiger partial charge in [-0.2, -0.15) is 4.37 Å². The van der Waals surface area contributed by atoms with Crippen molar-refractivity contribution in [2.75, 3.05) is 0 Å². The van der Waals surface area contributed by atoms with Gasteiger partial charge in [-0.15, -0.1) is 0 Å². The van der Waals surface area contributed by atoms with Crippen LogP contribution in [0.2, 0.25) is 0 Å². The summed E-state index contributed by atoms with van der Waals surface area (Å²) in [5, 5.41) is 1.93. The average Bonchev–Trinajstić information content (AvgIpc) is 2.34. The number of nitrogens with zero attached hydrogens (tertiary/aromatic N) is 1. The third kappa shape index (κ3) is 2.20. The third-order valence-electron chi connectivity index (χ3n) is 0.927. The monoisotopic (exact) mass is 151 g/mol. The van der Waals surface area contributed by atoms with Crippen LogP contribution in [0.1, 0.15) is 19.5 Å². The molecule has 1 heterocycles. The van der Waals surface area contributed by atoms with Crippen LogP contribution >= 0.6 is 11.5 Å². The predicted molar refractivity (Wildman–Crippen MR) is 43.8 cm³/mol. The summed E-state index contributed by atoms with van der Waals surface area (Å²) in [6.45, 7) is 4.14. The standard InChI is InChI=1S/C8H9NS/c1-7(2)3-4-8-5-6-10-9-8/h5-7H,1-2H3. The first-order valence-corrected chi connectivity index (χ1v) is 4.04. The van der Waals surface area contributed by atoms with E-state index in [4.69, 9.17) is 0 Å². The van der Waals surface area contributed by atoms with Crippen molar-refractivity contribution in [1.29, 1.82) is 0 Å².